The second-order valence-electron chi connectivity index (χ2n) is 16.0. The van der Waals surface area contributed by atoms with Crippen molar-refractivity contribution in [2.45, 2.75) is 0 Å². The molecule has 0 N–H and O–H groups in total. The first-order chi connectivity index (χ1) is 31.3. The highest BCUT2D eigenvalue weighted by molar-refractivity contribution is 7.26. The van der Waals surface area contributed by atoms with Crippen molar-refractivity contribution in [2.75, 3.05) is 4.90 Å². The quantitative estimate of drug-likeness (QED) is 0.148. The van der Waals surface area contributed by atoms with E-state index in [0.717, 1.165) is 28.3 Å². The van der Waals surface area contributed by atoms with E-state index in [1.54, 1.807) is 0 Å². The Morgan fingerprint density at radius 2 is 0.857 bits per heavy atom. The zero-order chi connectivity index (χ0) is 41.7. The molecule has 2 heterocycles. The van der Waals surface area contributed by atoms with Crippen molar-refractivity contribution in [3.05, 3.63) is 243 Å². The molecule has 63 heavy (non-hydrogen) atoms. The predicted octanol–water partition coefficient (Wildman–Crippen LogP) is 17.3. The lowest BCUT2D eigenvalue weighted by molar-refractivity contribution is 1.18. The molecule has 0 aliphatic carbocycles. The van der Waals surface area contributed by atoms with Gasteiger partial charge in [-0.3, -0.25) is 0 Å². The number of nitrogens with zero attached hydrogens (tertiary/aromatic N) is 2. The van der Waals surface area contributed by atoms with Crippen LogP contribution >= 0.6 is 11.3 Å². The zero-order valence-corrected chi connectivity index (χ0v) is 35.2. The van der Waals surface area contributed by atoms with Crippen LogP contribution in [0.1, 0.15) is 0 Å². The van der Waals surface area contributed by atoms with Gasteiger partial charge in [0.1, 0.15) is 0 Å². The van der Waals surface area contributed by atoms with Gasteiger partial charge in [-0.2, -0.15) is 0 Å². The fourth-order valence-electron chi connectivity index (χ4n) is 9.62. The first-order valence-corrected chi connectivity index (χ1v) is 22.3. The molecule has 0 aliphatic heterocycles. The minimum absolute atomic E-state index is 1.09. The van der Waals surface area contributed by atoms with E-state index >= 15 is 0 Å². The molecule has 0 fully saturated rings. The van der Waals surface area contributed by atoms with Crippen LogP contribution in [0.15, 0.2) is 243 Å². The Balaban J connectivity index is 1.08. The Bertz CT molecular complexity index is 3570. The number of thiophene rings is 1. The average Bonchev–Trinajstić information content (AvgIpc) is 3.91. The predicted molar refractivity (Wildman–Crippen MR) is 270 cm³/mol. The molecule has 0 unspecified atom stereocenters. The molecule has 0 saturated heterocycles. The number of benzene rings is 10. The summed E-state index contributed by atoms with van der Waals surface area (Å²) in [7, 11) is 0. The van der Waals surface area contributed by atoms with Crippen molar-refractivity contribution >= 4 is 70.4 Å². The Morgan fingerprint density at radius 3 is 1.59 bits per heavy atom. The summed E-state index contributed by atoms with van der Waals surface area (Å²) in [5.41, 5.74) is 16.3. The molecule has 0 radical (unpaired) electrons. The third-order valence-electron chi connectivity index (χ3n) is 12.4. The summed E-state index contributed by atoms with van der Waals surface area (Å²) in [6.45, 7) is 0. The van der Waals surface area contributed by atoms with Gasteiger partial charge in [0, 0.05) is 47.9 Å². The van der Waals surface area contributed by atoms with Gasteiger partial charge in [-0.25, -0.2) is 0 Å². The number of para-hydroxylation sites is 2. The first-order valence-electron chi connectivity index (χ1n) is 21.5. The molecular weight excluding hydrogens is 781 g/mol. The van der Waals surface area contributed by atoms with Crippen LogP contribution in [0.5, 0.6) is 0 Å². The van der Waals surface area contributed by atoms with E-state index in [1.165, 1.54) is 80.9 Å². The maximum atomic E-state index is 2.50. The Hall–Kier alpha value is -7.98. The average molecular weight is 821 g/mol. The molecule has 0 aliphatic rings. The number of aromatic nitrogens is 1. The van der Waals surface area contributed by atoms with Gasteiger partial charge in [-0.05, 0) is 99.6 Å². The first kappa shape index (κ1) is 36.8. The smallest absolute Gasteiger partial charge is 0.0555 e. The molecule has 0 amide bonds. The van der Waals surface area contributed by atoms with Gasteiger partial charge < -0.3 is 9.47 Å². The molecule has 2 nitrogen and oxygen atoms in total. The summed E-state index contributed by atoms with van der Waals surface area (Å²) < 4.78 is 4.94. The van der Waals surface area contributed by atoms with Gasteiger partial charge in [0.2, 0.25) is 0 Å². The fourth-order valence-corrected chi connectivity index (χ4v) is 10.7. The van der Waals surface area contributed by atoms with Crippen molar-refractivity contribution in [2.24, 2.45) is 0 Å². The number of anilines is 3. The lowest BCUT2D eigenvalue weighted by atomic mass is 9.87. The van der Waals surface area contributed by atoms with E-state index in [9.17, 15) is 0 Å². The highest BCUT2D eigenvalue weighted by Crippen LogP contribution is 2.51. The van der Waals surface area contributed by atoms with Gasteiger partial charge in [-0.15, -0.1) is 11.3 Å². The lowest BCUT2D eigenvalue weighted by Gasteiger charge is -2.30. The third kappa shape index (κ3) is 6.33. The van der Waals surface area contributed by atoms with Gasteiger partial charge in [-0.1, -0.05) is 182 Å². The van der Waals surface area contributed by atoms with Crippen LogP contribution in [0, 0.1) is 0 Å². The summed E-state index contributed by atoms with van der Waals surface area (Å²) in [6.07, 6.45) is 0. The van der Waals surface area contributed by atoms with E-state index in [-0.39, 0.29) is 0 Å². The number of fused-ring (bicyclic) bond motifs is 6. The van der Waals surface area contributed by atoms with Crippen molar-refractivity contribution < 1.29 is 0 Å². The topological polar surface area (TPSA) is 8.17 Å². The third-order valence-corrected chi connectivity index (χ3v) is 13.6. The van der Waals surface area contributed by atoms with E-state index in [2.05, 4.69) is 252 Å². The summed E-state index contributed by atoms with van der Waals surface area (Å²) in [4.78, 5) is 2.50. The highest BCUT2D eigenvalue weighted by atomic mass is 32.1. The van der Waals surface area contributed by atoms with Crippen molar-refractivity contribution in [1.82, 2.24) is 4.57 Å². The van der Waals surface area contributed by atoms with Crippen LogP contribution in [0.4, 0.5) is 17.1 Å². The largest absolute Gasteiger partial charge is 0.309 e. The summed E-state index contributed by atoms with van der Waals surface area (Å²) in [6, 6.07) is 88.5. The molecule has 10 aromatic carbocycles. The molecule has 2 aromatic heterocycles. The number of hydrogen-bond acceptors (Lipinski definition) is 2. The maximum Gasteiger partial charge on any atom is 0.0555 e. The Morgan fingerprint density at radius 1 is 0.333 bits per heavy atom. The molecule has 3 heteroatoms. The molecule has 0 bridgehead atoms. The standard InChI is InChI=1S/C60H40N2S/c1-3-18-42(19-4-1)47-24-7-8-27-51(47)59-48(43-20-5-2-6-21-43)29-16-32-55(59)61(56-33-17-35-58-60(56)52-28-11-14-34-57(52)63-58)45-38-36-41(37-39-45)44-22-15-23-46(40-44)62-53-30-12-9-25-49(53)50-26-10-13-31-54(50)62/h1-40H. The lowest BCUT2D eigenvalue weighted by Crippen LogP contribution is -2.12. The van der Waals surface area contributed by atoms with Crippen LogP contribution in [-0.4, -0.2) is 4.57 Å². The maximum absolute atomic E-state index is 2.50. The normalized spacial score (nSPS) is 11.5. The molecule has 0 spiro atoms. The minimum atomic E-state index is 1.09. The minimum Gasteiger partial charge on any atom is -0.309 e. The van der Waals surface area contributed by atoms with E-state index in [0.29, 0.717) is 0 Å². The van der Waals surface area contributed by atoms with Gasteiger partial charge >= 0.3 is 0 Å². The summed E-state index contributed by atoms with van der Waals surface area (Å²) in [5, 5.41) is 5.05. The van der Waals surface area contributed by atoms with Crippen LogP contribution in [0.2, 0.25) is 0 Å². The second-order valence-corrected chi connectivity index (χ2v) is 17.1. The van der Waals surface area contributed by atoms with E-state index in [4.69, 9.17) is 0 Å². The summed E-state index contributed by atoms with van der Waals surface area (Å²) in [5.74, 6) is 0. The Labute approximate surface area is 370 Å². The van der Waals surface area contributed by atoms with Crippen LogP contribution < -0.4 is 4.90 Å². The second kappa shape index (κ2) is 15.5. The van der Waals surface area contributed by atoms with Crippen LogP contribution in [0.3, 0.4) is 0 Å². The summed E-state index contributed by atoms with van der Waals surface area (Å²) >= 11 is 1.86. The van der Waals surface area contributed by atoms with Crippen LogP contribution in [0.25, 0.3) is 92.2 Å². The van der Waals surface area contributed by atoms with Crippen molar-refractivity contribution in [1.29, 1.82) is 0 Å². The van der Waals surface area contributed by atoms with Crippen molar-refractivity contribution in [3.63, 3.8) is 0 Å². The van der Waals surface area contributed by atoms with Crippen LogP contribution in [-0.2, 0) is 0 Å². The molecule has 0 atom stereocenters. The highest BCUT2D eigenvalue weighted by Gasteiger charge is 2.25. The Kier molecular flexibility index (Phi) is 9.06. The number of hydrogen-bond donors (Lipinski definition) is 0. The van der Waals surface area contributed by atoms with E-state index < -0.39 is 0 Å². The molecule has 12 rings (SSSR count). The number of rotatable bonds is 8. The molecule has 0 saturated carbocycles. The van der Waals surface area contributed by atoms with Gasteiger partial charge in [0.15, 0.2) is 0 Å². The monoisotopic (exact) mass is 820 g/mol. The van der Waals surface area contributed by atoms with Gasteiger partial charge in [0.05, 0.1) is 22.4 Å². The van der Waals surface area contributed by atoms with Crippen molar-refractivity contribution in [3.8, 4) is 50.2 Å². The fraction of sp³-hybridized carbons (Fsp3) is 0. The SMILES string of the molecule is c1ccc(-c2ccccc2-c2c(-c3ccccc3)cccc2N(c2ccc(-c3cccc(-n4c5ccccc5c5ccccc54)c3)cc2)c2cccc3sc4ccccc4c23)cc1. The van der Waals surface area contributed by atoms with E-state index in [1.807, 2.05) is 11.3 Å². The zero-order valence-electron chi connectivity index (χ0n) is 34.4. The molecular formula is C60H40N2S. The molecule has 296 valence electrons. The van der Waals surface area contributed by atoms with Gasteiger partial charge in [0.25, 0.3) is 0 Å². The molecule has 12 aromatic rings.